The fourth-order valence-electron chi connectivity index (χ4n) is 7.51. The van der Waals surface area contributed by atoms with E-state index in [-0.39, 0.29) is 0 Å². The average Bonchev–Trinajstić information content (AvgIpc) is 3.77. The molecule has 6 aromatic carbocycles. The van der Waals surface area contributed by atoms with Crippen LogP contribution < -0.4 is 0 Å². The molecule has 0 amide bonds. The highest BCUT2D eigenvalue weighted by Gasteiger charge is 2.18. The summed E-state index contributed by atoms with van der Waals surface area (Å²) in [4.78, 5) is 15.4. The van der Waals surface area contributed by atoms with Crippen molar-refractivity contribution in [3.63, 3.8) is 0 Å². The first-order valence-electron chi connectivity index (χ1n) is 16.8. The SMILES string of the molecule is c1ccc(-c2ccc3ccc4ccc(-c5ccc(-c6ccc7sc8c9ccccc9c9nc%10ccccc%10n9c8c7c6)cc5)nc4c3n2)cc1. The van der Waals surface area contributed by atoms with Gasteiger partial charge in [-0.05, 0) is 47.5 Å². The summed E-state index contributed by atoms with van der Waals surface area (Å²) in [7, 11) is 0. The number of hydrogen-bond donors (Lipinski definition) is 0. The number of fused-ring (bicyclic) bond motifs is 13. The molecule has 0 unspecified atom stereocenters. The molecule has 0 saturated heterocycles. The molecule has 50 heavy (non-hydrogen) atoms. The molecule has 5 heteroatoms. The Morgan fingerprint density at radius 3 is 1.80 bits per heavy atom. The maximum absolute atomic E-state index is 5.18. The van der Waals surface area contributed by atoms with Crippen molar-refractivity contribution in [1.29, 1.82) is 0 Å². The first-order valence-corrected chi connectivity index (χ1v) is 17.6. The van der Waals surface area contributed by atoms with Crippen LogP contribution in [0, 0.1) is 0 Å². The van der Waals surface area contributed by atoms with Gasteiger partial charge >= 0.3 is 0 Å². The second-order valence-corrected chi connectivity index (χ2v) is 13.9. The van der Waals surface area contributed by atoms with Crippen molar-refractivity contribution in [3.05, 3.63) is 158 Å². The quantitative estimate of drug-likeness (QED) is 0.178. The number of imidazole rings is 1. The number of nitrogens with zero attached hydrogens (tertiary/aromatic N) is 4. The van der Waals surface area contributed by atoms with Gasteiger partial charge in [-0.3, -0.25) is 4.40 Å². The minimum absolute atomic E-state index is 0.919. The van der Waals surface area contributed by atoms with E-state index in [9.17, 15) is 0 Å². The maximum atomic E-state index is 5.18. The number of para-hydroxylation sites is 2. The van der Waals surface area contributed by atoms with Crippen LogP contribution in [-0.4, -0.2) is 19.4 Å². The molecule has 5 heterocycles. The summed E-state index contributed by atoms with van der Waals surface area (Å²) in [6.07, 6.45) is 0. The van der Waals surface area contributed by atoms with Crippen molar-refractivity contribution in [2.24, 2.45) is 0 Å². The molecule has 0 aliphatic carbocycles. The lowest BCUT2D eigenvalue weighted by molar-refractivity contribution is 1.33. The molecule has 11 aromatic rings. The lowest BCUT2D eigenvalue weighted by Gasteiger charge is -2.09. The van der Waals surface area contributed by atoms with Crippen molar-refractivity contribution >= 4 is 80.9 Å². The minimum Gasteiger partial charge on any atom is -0.290 e. The van der Waals surface area contributed by atoms with Crippen LogP contribution in [-0.2, 0) is 0 Å². The zero-order valence-corrected chi connectivity index (χ0v) is 27.5. The molecule has 0 radical (unpaired) electrons. The van der Waals surface area contributed by atoms with Crippen molar-refractivity contribution in [3.8, 4) is 33.6 Å². The van der Waals surface area contributed by atoms with Gasteiger partial charge in [0.2, 0.25) is 0 Å². The minimum atomic E-state index is 0.919. The predicted molar refractivity (Wildman–Crippen MR) is 210 cm³/mol. The zero-order valence-electron chi connectivity index (χ0n) is 26.7. The van der Waals surface area contributed by atoms with Gasteiger partial charge in [0.05, 0.1) is 43.7 Å². The van der Waals surface area contributed by atoms with Crippen LogP contribution in [0.15, 0.2) is 158 Å². The van der Waals surface area contributed by atoms with E-state index in [2.05, 4.69) is 144 Å². The van der Waals surface area contributed by atoms with Crippen LogP contribution in [0.5, 0.6) is 0 Å². The second-order valence-electron chi connectivity index (χ2n) is 12.8. The van der Waals surface area contributed by atoms with Crippen LogP contribution in [0.1, 0.15) is 0 Å². The van der Waals surface area contributed by atoms with Gasteiger partial charge in [0.25, 0.3) is 0 Å². The van der Waals surface area contributed by atoms with E-state index >= 15 is 0 Å². The van der Waals surface area contributed by atoms with Gasteiger partial charge < -0.3 is 0 Å². The lowest BCUT2D eigenvalue weighted by atomic mass is 10.0. The summed E-state index contributed by atoms with van der Waals surface area (Å²) in [5, 5.41) is 5.85. The summed E-state index contributed by atoms with van der Waals surface area (Å²) >= 11 is 1.86. The third-order valence-corrected chi connectivity index (χ3v) is 11.2. The molecule has 0 fully saturated rings. The Kier molecular flexibility index (Phi) is 5.80. The molecule has 4 nitrogen and oxygen atoms in total. The molecule has 0 aliphatic rings. The van der Waals surface area contributed by atoms with Crippen molar-refractivity contribution < 1.29 is 0 Å². The molecular formula is C45H26N4S. The van der Waals surface area contributed by atoms with Crippen molar-refractivity contribution in [2.45, 2.75) is 0 Å². The van der Waals surface area contributed by atoms with Crippen LogP contribution >= 0.6 is 11.3 Å². The Bertz CT molecular complexity index is 3140. The summed E-state index contributed by atoms with van der Waals surface area (Å²) in [5.41, 5.74) is 12.6. The van der Waals surface area contributed by atoms with E-state index in [1.165, 1.54) is 42.2 Å². The van der Waals surface area contributed by atoms with Gasteiger partial charge in [-0.15, -0.1) is 11.3 Å². The molecule has 0 bridgehead atoms. The third kappa shape index (κ3) is 4.08. The van der Waals surface area contributed by atoms with Gasteiger partial charge in [-0.25, -0.2) is 15.0 Å². The molecule has 0 spiro atoms. The average molecular weight is 655 g/mol. The Balaban J connectivity index is 1.04. The molecular weight excluding hydrogens is 629 g/mol. The van der Waals surface area contributed by atoms with Crippen molar-refractivity contribution in [2.75, 3.05) is 0 Å². The van der Waals surface area contributed by atoms with E-state index in [0.29, 0.717) is 0 Å². The smallest absolute Gasteiger partial charge is 0.146 e. The molecule has 0 atom stereocenters. The highest BCUT2D eigenvalue weighted by molar-refractivity contribution is 7.26. The number of hydrogen-bond acceptors (Lipinski definition) is 4. The Labute approximate surface area is 290 Å². The Morgan fingerprint density at radius 1 is 0.440 bits per heavy atom. The van der Waals surface area contributed by atoms with E-state index in [1.807, 2.05) is 29.5 Å². The van der Waals surface area contributed by atoms with E-state index < -0.39 is 0 Å². The topological polar surface area (TPSA) is 43.1 Å². The standard InChI is InChI=1S/C45H26N4S/c1-2-8-28(9-3-1)36-23-20-30-18-19-31-21-24-37(47-42(31)41(30)46-36)29-16-14-27(15-17-29)32-22-25-40-35(26-32)43-44(50-40)33-10-4-5-11-34(33)45-48-38-12-6-7-13-39(38)49(43)45/h1-26H. The van der Waals surface area contributed by atoms with Gasteiger partial charge in [0.15, 0.2) is 0 Å². The first-order chi connectivity index (χ1) is 24.8. The monoisotopic (exact) mass is 654 g/mol. The second kappa shape index (κ2) is 10.5. The lowest BCUT2D eigenvalue weighted by Crippen LogP contribution is -1.91. The predicted octanol–water partition coefficient (Wildman–Crippen LogP) is 12.1. The van der Waals surface area contributed by atoms with Gasteiger partial charge in [0, 0.05) is 42.8 Å². The summed E-state index contributed by atoms with van der Waals surface area (Å²) in [5.74, 6) is 0. The van der Waals surface area contributed by atoms with Gasteiger partial charge in [-0.1, -0.05) is 121 Å². The summed E-state index contributed by atoms with van der Waals surface area (Å²) in [6, 6.07) is 55.9. The van der Waals surface area contributed by atoms with Crippen LogP contribution in [0.2, 0.25) is 0 Å². The summed E-state index contributed by atoms with van der Waals surface area (Å²) in [6.45, 7) is 0. The molecule has 0 N–H and O–H groups in total. The first kappa shape index (κ1) is 27.5. The Morgan fingerprint density at radius 2 is 1.04 bits per heavy atom. The molecule has 11 rings (SSSR count). The van der Waals surface area contributed by atoms with Crippen LogP contribution in [0.25, 0.3) is 103 Å². The highest BCUT2D eigenvalue weighted by atomic mass is 32.1. The van der Waals surface area contributed by atoms with Crippen LogP contribution in [0.3, 0.4) is 0 Å². The molecule has 232 valence electrons. The number of pyridine rings is 3. The van der Waals surface area contributed by atoms with Crippen molar-refractivity contribution in [1.82, 2.24) is 19.4 Å². The van der Waals surface area contributed by atoms with Gasteiger partial charge in [0.1, 0.15) is 5.65 Å². The molecule has 5 aromatic heterocycles. The zero-order chi connectivity index (χ0) is 32.8. The highest BCUT2D eigenvalue weighted by Crippen LogP contribution is 2.42. The molecule has 0 saturated carbocycles. The van der Waals surface area contributed by atoms with E-state index in [1.54, 1.807) is 0 Å². The summed E-state index contributed by atoms with van der Waals surface area (Å²) < 4.78 is 4.93. The number of thiophene rings is 1. The Hall–Kier alpha value is -6.43. The van der Waals surface area contributed by atoms with E-state index in [4.69, 9.17) is 15.0 Å². The fourth-order valence-corrected chi connectivity index (χ4v) is 8.72. The third-order valence-electron chi connectivity index (χ3n) is 9.96. The number of aromatic nitrogens is 4. The maximum Gasteiger partial charge on any atom is 0.146 e. The van der Waals surface area contributed by atoms with E-state index in [0.717, 1.165) is 61.0 Å². The largest absolute Gasteiger partial charge is 0.290 e. The molecule has 0 aliphatic heterocycles. The number of rotatable bonds is 3. The van der Waals surface area contributed by atoms with Crippen LogP contribution in [0.4, 0.5) is 0 Å². The fraction of sp³-hybridized carbons (Fsp3) is 0. The van der Waals surface area contributed by atoms with Gasteiger partial charge in [-0.2, -0.15) is 0 Å². The normalized spacial score (nSPS) is 12.0. The number of benzene rings is 6.